The summed E-state index contributed by atoms with van der Waals surface area (Å²) in [7, 11) is 3.55. The molecule has 106 valence electrons. The molecule has 2 rings (SSSR count). The van der Waals surface area contributed by atoms with Gasteiger partial charge in [-0.15, -0.1) is 11.3 Å². The predicted molar refractivity (Wildman–Crippen MR) is 83.0 cm³/mol. The Balaban J connectivity index is 1.89. The summed E-state index contributed by atoms with van der Waals surface area (Å²) in [5, 5.41) is 4.44. The number of rotatable bonds is 5. The molecule has 0 unspecified atom stereocenters. The Morgan fingerprint density at radius 2 is 2.00 bits per heavy atom. The van der Waals surface area contributed by atoms with Gasteiger partial charge in [-0.2, -0.15) is 0 Å². The normalized spacial score (nSPS) is 10.3. The number of aryl methyl sites for hydroxylation is 1. The topological polar surface area (TPSA) is 45.2 Å². The lowest BCUT2D eigenvalue weighted by atomic mass is 10.1. The van der Waals surface area contributed by atoms with E-state index in [9.17, 15) is 4.79 Å². The summed E-state index contributed by atoms with van der Waals surface area (Å²) >= 11 is 1.70. The first-order chi connectivity index (χ1) is 9.54. The summed E-state index contributed by atoms with van der Waals surface area (Å²) in [6, 6.07) is 7.99. The molecule has 0 saturated heterocycles. The molecular formula is C15H19N3OS. The third-order valence-electron chi connectivity index (χ3n) is 2.94. The molecule has 1 aromatic heterocycles. The van der Waals surface area contributed by atoms with Gasteiger partial charge in [0.2, 0.25) is 5.91 Å². The first-order valence-corrected chi connectivity index (χ1v) is 7.30. The van der Waals surface area contributed by atoms with Crippen molar-refractivity contribution in [3.05, 3.63) is 45.9 Å². The van der Waals surface area contributed by atoms with Crippen LogP contribution in [-0.2, 0) is 17.8 Å². The van der Waals surface area contributed by atoms with Gasteiger partial charge in [0, 0.05) is 30.9 Å². The Morgan fingerprint density at radius 3 is 2.55 bits per heavy atom. The van der Waals surface area contributed by atoms with E-state index in [1.165, 1.54) is 4.88 Å². The minimum atomic E-state index is 0.117. The van der Waals surface area contributed by atoms with Gasteiger partial charge >= 0.3 is 0 Å². The average molecular weight is 289 g/mol. The second kappa shape index (κ2) is 6.52. The van der Waals surface area contributed by atoms with Gasteiger partial charge in [0.05, 0.1) is 18.0 Å². The van der Waals surface area contributed by atoms with Crippen molar-refractivity contribution in [2.75, 3.05) is 19.4 Å². The molecule has 0 fully saturated rings. The Morgan fingerprint density at radius 1 is 1.30 bits per heavy atom. The quantitative estimate of drug-likeness (QED) is 0.920. The number of anilines is 1. The summed E-state index contributed by atoms with van der Waals surface area (Å²) in [5.74, 6) is 0.117. The highest BCUT2D eigenvalue weighted by molar-refractivity contribution is 7.11. The average Bonchev–Trinajstić information content (AvgIpc) is 2.83. The number of likely N-dealkylation sites (N-methyl/N-ethyl adjacent to an activating group) is 1. The number of hydrogen-bond donors (Lipinski definition) is 1. The third-order valence-corrected chi connectivity index (χ3v) is 3.86. The Kier molecular flexibility index (Phi) is 4.74. The van der Waals surface area contributed by atoms with E-state index >= 15 is 0 Å². The summed E-state index contributed by atoms with van der Waals surface area (Å²) in [6.07, 6.45) is 2.35. The highest BCUT2D eigenvalue weighted by Gasteiger charge is 2.05. The van der Waals surface area contributed by atoms with Gasteiger partial charge in [0.15, 0.2) is 0 Å². The fourth-order valence-electron chi connectivity index (χ4n) is 1.75. The fourth-order valence-corrected chi connectivity index (χ4v) is 2.48. The lowest BCUT2D eigenvalue weighted by molar-refractivity contribution is -0.127. The molecule has 2 aromatic rings. The molecule has 1 heterocycles. The molecule has 0 aliphatic rings. The molecule has 1 amide bonds. The zero-order chi connectivity index (χ0) is 14.5. The minimum Gasteiger partial charge on any atom is -0.380 e. The standard InChI is InChI=1S/C15H19N3OS/c1-11-16-9-14(20-11)10-17-13-6-4-12(5-7-13)8-15(19)18(2)3/h4-7,9,17H,8,10H2,1-3H3. The van der Waals surface area contributed by atoms with Gasteiger partial charge in [0.25, 0.3) is 0 Å². The molecular weight excluding hydrogens is 270 g/mol. The van der Waals surface area contributed by atoms with Crippen LogP contribution < -0.4 is 5.32 Å². The number of nitrogens with one attached hydrogen (secondary N) is 1. The first kappa shape index (κ1) is 14.5. The van der Waals surface area contributed by atoms with E-state index in [-0.39, 0.29) is 5.91 Å². The Bertz CT molecular complexity index is 575. The summed E-state index contributed by atoms with van der Waals surface area (Å²) in [6.45, 7) is 2.78. The van der Waals surface area contributed by atoms with Gasteiger partial charge in [-0.05, 0) is 24.6 Å². The van der Waals surface area contributed by atoms with E-state index < -0.39 is 0 Å². The van der Waals surface area contributed by atoms with E-state index in [1.807, 2.05) is 37.4 Å². The van der Waals surface area contributed by atoms with Crippen molar-refractivity contribution < 1.29 is 4.79 Å². The van der Waals surface area contributed by atoms with Gasteiger partial charge in [0.1, 0.15) is 0 Å². The van der Waals surface area contributed by atoms with Gasteiger partial charge < -0.3 is 10.2 Å². The predicted octanol–water partition coefficient (Wildman–Crippen LogP) is 2.69. The van der Waals surface area contributed by atoms with Crippen LogP contribution in [0.3, 0.4) is 0 Å². The lowest BCUT2D eigenvalue weighted by Crippen LogP contribution is -2.23. The largest absolute Gasteiger partial charge is 0.380 e. The van der Waals surface area contributed by atoms with Crippen LogP contribution in [-0.4, -0.2) is 29.9 Å². The molecule has 1 N–H and O–H groups in total. The van der Waals surface area contributed by atoms with Gasteiger partial charge in [-0.3, -0.25) is 4.79 Å². The molecule has 0 atom stereocenters. The second-order valence-corrected chi connectivity index (χ2v) is 6.18. The lowest BCUT2D eigenvalue weighted by Gasteiger charge is -2.10. The van der Waals surface area contributed by atoms with Gasteiger partial charge in [-0.25, -0.2) is 4.98 Å². The summed E-state index contributed by atoms with van der Waals surface area (Å²) < 4.78 is 0. The number of nitrogens with zero attached hydrogens (tertiary/aromatic N) is 2. The second-order valence-electron chi connectivity index (χ2n) is 4.86. The minimum absolute atomic E-state index is 0.117. The molecule has 5 heteroatoms. The maximum absolute atomic E-state index is 11.6. The number of amides is 1. The SMILES string of the molecule is Cc1ncc(CNc2ccc(CC(=O)N(C)C)cc2)s1. The molecule has 20 heavy (non-hydrogen) atoms. The van der Waals surface area contributed by atoms with Crippen molar-refractivity contribution in [2.24, 2.45) is 0 Å². The van der Waals surface area contributed by atoms with Crippen LogP contribution in [0.1, 0.15) is 15.4 Å². The van der Waals surface area contributed by atoms with Crippen LogP contribution in [0.4, 0.5) is 5.69 Å². The molecule has 0 radical (unpaired) electrons. The number of carbonyl (C=O) groups is 1. The number of aromatic nitrogens is 1. The van der Waals surface area contributed by atoms with Crippen molar-refractivity contribution in [3.63, 3.8) is 0 Å². The number of carbonyl (C=O) groups excluding carboxylic acids is 1. The number of hydrogen-bond acceptors (Lipinski definition) is 4. The van der Waals surface area contributed by atoms with Crippen LogP contribution in [0, 0.1) is 6.92 Å². The maximum atomic E-state index is 11.6. The summed E-state index contributed by atoms with van der Waals surface area (Å²) in [5.41, 5.74) is 2.08. The van der Waals surface area contributed by atoms with E-state index in [0.29, 0.717) is 6.42 Å². The van der Waals surface area contributed by atoms with Crippen molar-refractivity contribution in [3.8, 4) is 0 Å². The fraction of sp³-hybridized carbons (Fsp3) is 0.333. The number of thiazole rings is 1. The van der Waals surface area contributed by atoms with Crippen LogP contribution >= 0.6 is 11.3 Å². The first-order valence-electron chi connectivity index (χ1n) is 6.49. The van der Waals surface area contributed by atoms with Crippen LogP contribution in [0.2, 0.25) is 0 Å². The van der Waals surface area contributed by atoms with Crippen molar-refractivity contribution in [1.29, 1.82) is 0 Å². The molecule has 0 bridgehead atoms. The highest BCUT2D eigenvalue weighted by atomic mass is 32.1. The van der Waals surface area contributed by atoms with Crippen LogP contribution in [0.25, 0.3) is 0 Å². The number of benzene rings is 1. The smallest absolute Gasteiger partial charge is 0.226 e. The van der Waals surface area contributed by atoms with Crippen molar-refractivity contribution in [2.45, 2.75) is 19.9 Å². The van der Waals surface area contributed by atoms with E-state index in [0.717, 1.165) is 22.8 Å². The van der Waals surface area contributed by atoms with Crippen LogP contribution in [0.15, 0.2) is 30.5 Å². The molecule has 0 aliphatic heterocycles. The maximum Gasteiger partial charge on any atom is 0.226 e. The Labute approximate surface area is 123 Å². The third kappa shape index (κ3) is 4.06. The molecule has 0 saturated carbocycles. The Hall–Kier alpha value is -1.88. The van der Waals surface area contributed by atoms with E-state index in [1.54, 1.807) is 30.3 Å². The molecule has 1 aromatic carbocycles. The van der Waals surface area contributed by atoms with E-state index in [4.69, 9.17) is 0 Å². The monoisotopic (exact) mass is 289 g/mol. The molecule has 4 nitrogen and oxygen atoms in total. The molecule has 0 spiro atoms. The van der Waals surface area contributed by atoms with Crippen molar-refractivity contribution in [1.82, 2.24) is 9.88 Å². The van der Waals surface area contributed by atoms with Crippen molar-refractivity contribution >= 4 is 22.9 Å². The zero-order valence-corrected chi connectivity index (χ0v) is 12.8. The zero-order valence-electron chi connectivity index (χ0n) is 12.0. The van der Waals surface area contributed by atoms with Crippen LogP contribution in [0.5, 0.6) is 0 Å². The highest BCUT2D eigenvalue weighted by Crippen LogP contribution is 2.15. The van der Waals surface area contributed by atoms with E-state index in [2.05, 4.69) is 10.3 Å². The molecule has 0 aliphatic carbocycles. The summed E-state index contributed by atoms with van der Waals surface area (Å²) in [4.78, 5) is 18.7. The van der Waals surface area contributed by atoms with Gasteiger partial charge in [-0.1, -0.05) is 12.1 Å².